The molecule has 1 aliphatic rings. The second kappa shape index (κ2) is 8.70. The number of aliphatic carboxylic acids is 1. The molecule has 4 nitrogen and oxygen atoms in total. The predicted molar refractivity (Wildman–Crippen MR) is 111 cm³/mol. The van der Waals surface area contributed by atoms with E-state index in [9.17, 15) is 14.7 Å². The Bertz CT molecular complexity index is 639. The zero-order valence-electron chi connectivity index (χ0n) is 15.9. The van der Waals surface area contributed by atoms with Crippen LogP contribution in [0, 0.1) is 5.92 Å². The first-order chi connectivity index (χ1) is 12.1. The fourth-order valence-corrected chi connectivity index (χ4v) is 4.43. The molecule has 1 aromatic rings. The molecule has 0 bridgehead atoms. The van der Waals surface area contributed by atoms with Gasteiger partial charge < -0.3 is 10.0 Å². The molecule has 1 aliphatic heterocycles. The van der Waals surface area contributed by atoms with Gasteiger partial charge in [0.2, 0.25) is 5.91 Å². The molecular weight excluding hydrogens is 366 g/mol. The summed E-state index contributed by atoms with van der Waals surface area (Å²) < 4.78 is 0. The van der Waals surface area contributed by atoms with Gasteiger partial charge in [0.1, 0.15) is 6.04 Å². The number of hydrogen-bond donors (Lipinski definition) is 2. The highest BCUT2D eigenvalue weighted by atomic mass is 32.2. The van der Waals surface area contributed by atoms with Crippen LogP contribution in [0.25, 0.3) is 0 Å². The Morgan fingerprint density at radius 2 is 1.92 bits per heavy atom. The average Bonchev–Trinajstić information content (AvgIpc) is 3.02. The van der Waals surface area contributed by atoms with Crippen molar-refractivity contribution in [1.29, 1.82) is 0 Å². The minimum atomic E-state index is -0.914. The van der Waals surface area contributed by atoms with Gasteiger partial charge in [0, 0.05) is 29.2 Å². The van der Waals surface area contributed by atoms with Crippen LogP contribution in [0.15, 0.2) is 24.3 Å². The van der Waals surface area contributed by atoms with Gasteiger partial charge in [0.25, 0.3) is 0 Å². The minimum absolute atomic E-state index is 0.106. The number of thioether (sulfide) groups is 1. The largest absolute Gasteiger partial charge is 0.480 e. The fraction of sp³-hybridized carbons (Fsp3) is 0.600. The maximum Gasteiger partial charge on any atom is 0.326 e. The monoisotopic (exact) mass is 395 g/mol. The van der Waals surface area contributed by atoms with Gasteiger partial charge in [0.15, 0.2) is 0 Å². The number of rotatable bonds is 6. The van der Waals surface area contributed by atoms with E-state index in [1.54, 1.807) is 18.7 Å². The molecular formula is C20H29NO3S2. The normalized spacial score (nSPS) is 21.7. The van der Waals surface area contributed by atoms with Crippen LogP contribution >= 0.6 is 24.4 Å². The van der Waals surface area contributed by atoms with Crippen molar-refractivity contribution in [3.05, 3.63) is 35.4 Å². The highest BCUT2D eigenvalue weighted by Gasteiger charge is 2.40. The lowest BCUT2D eigenvalue weighted by atomic mass is 9.87. The Balaban J connectivity index is 1.98. The lowest BCUT2D eigenvalue weighted by Crippen LogP contribution is -2.43. The van der Waals surface area contributed by atoms with E-state index in [4.69, 9.17) is 0 Å². The SMILES string of the molecule is C[C@H](CS)C(=O)N1C[C@@H](SCc2ccc(C(C)(C)C)cc2)C[C@H]1C(=O)O. The number of likely N-dealkylation sites (tertiary alicyclic amines) is 1. The summed E-state index contributed by atoms with van der Waals surface area (Å²) in [5.41, 5.74) is 2.66. The van der Waals surface area contributed by atoms with E-state index in [0.29, 0.717) is 18.7 Å². The maximum atomic E-state index is 12.4. The highest BCUT2D eigenvalue weighted by Crippen LogP contribution is 2.32. The van der Waals surface area contributed by atoms with Crippen molar-refractivity contribution in [2.24, 2.45) is 5.92 Å². The van der Waals surface area contributed by atoms with E-state index in [1.807, 2.05) is 0 Å². The molecule has 2 rings (SSSR count). The molecule has 0 saturated carbocycles. The van der Waals surface area contributed by atoms with Gasteiger partial charge in [0.05, 0.1) is 0 Å². The van der Waals surface area contributed by atoms with Gasteiger partial charge in [-0.3, -0.25) is 4.79 Å². The lowest BCUT2D eigenvalue weighted by molar-refractivity contribution is -0.149. The Morgan fingerprint density at radius 3 is 2.42 bits per heavy atom. The second-order valence-electron chi connectivity index (χ2n) is 8.04. The first-order valence-corrected chi connectivity index (χ1v) is 10.7. The molecule has 0 spiro atoms. The van der Waals surface area contributed by atoms with Crippen molar-refractivity contribution in [3.63, 3.8) is 0 Å². The van der Waals surface area contributed by atoms with Crippen molar-refractivity contribution < 1.29 is 14.7 Å². The summed E-state index contributed by atoms with van der Waals surface area (Å²) in [5, 5.41) is 9.62. The van der Waals surface area contributed by atoms with E-state index in [0.717, 1.165) is 5.75 Å². The molecule has 0 aliphatic carbocycles. The number of amides is 1. The van der Waals surface area contributed by atoms with Crippen molar-refractivity contribution >= 4 is 36.3 Å². The van der Waals surface area contributed by atoms with Crippen LogP contribution in [-0.2, 0) is 20.8 Å². The molecule has 6 heteroatoms. The maximum absolute atomic E-state index is 12.4. The molecule has 0 radical (unpaired) electrons. The quantitative estimate of drug-likeness (QED) is 0.719. The number of carbonyl (C=O) groups excluding carboxylic acids is 1. The van der Waals surface area contributed by atoms with Crippen molar-refractivity contribution in [3.8, 4) is 0 Å². The van der Waals surface area contributed by atoms with Crippen molar-refractivity contribution in [2.75, 3.05) is 12.3 Å². The van der Waals surface area contributed by atoms with Gasteiger partial charge in [-0.05, 0) is 23.0 Å². The van der Waals surface area contributed by atoms with Crippen LogP contribution in [0.5, 0.6) is 0 Å². The summed E-state index contributed by atoms with van der Waals surface area (Å²) in [6.45, 7) is 8.88. The Morgan fingerprint density at radius 1 is 1.31 bits per heavy atom. The molecule has 1 fully saturated rings. The topological polar surface area (TPSA) is 57.6 Å². The van der Waals surface area contributed by atoms with Crippen LogP contribution in [0.2, 0.25) is 0 Å². The number of hydrogen-bond acceptors (Lipinski definition) is 4. The van der Waals surface area contributed by atoms with Crippen molar-refractivity contribution in [1.82, 2.24) is 4.90 Å². The van der Waals surface area contributed by atoms with Crippen LogP contribution in [0.3, 0.4) is 0 Å². The summed E-state index contributed by atoms with van der Waals surface area (Å²) in [5.74, 6) is -0.0215. The molecule has 1 aromatic carbocycles. The Labute approximate surface area is 166 Å². The van der Waals surface area contributed by atoms with Gasteiger partial charge in [-0.25, -0.2) is 4.79 Å². The Hall–Kier alpha value is -1.14. The fourth-order valence-electron chi connectivity index (χ4n) is 3.07. The van der Waals surface area contributed by atoms with E-state index in [2.05, 4.69) is 57.7 Å². The summed E-state index contributed by atoms with van der Waals surface area (Å²) in [6, 6.07) is 7.89. The molecule has 26 heavy (non-hydrogen) atoms. The van der Waals surface area contributed by atoms with Gasteiger partial charge in [-0.1, -0.05) is 52.0 Å². The zero-order valence-corrected chi connectivity index (χ0v) is 17.6. The van der Waals surface area contributed by atoms with Gasteiger partial charge in [-0.2, -0.15) is 24.4 Å². The molecule has 1 saturated heterocycles. The number of thiol groups is 1. The van der Waals surface area contributed by atoms with E-state index in [1.165, 1.54) is 16.0 Å². The number of carboxylic acids is 1. The minimum Gasteiger partial charge on any atom is -0.480 e. The lowest BCUT2D eigenvalue weighted by Gasteiger charge is -2.24. The Kier molecular flexibility index (Phi) is 7.08. The summed E-state index contributed by atoms with van der Waals surface area (Å²) in [6.07, 6.45) is 0.505. The molecule has 144 valence electrons. The number of nitrogens with zero attached hydrogens (tertiary/aromatic N) is 1. The zero-order chi connectivity index (χ0) is 19.5. The van der Waals surface area contributed by atoms with Crippen LogP contribution in [0.4, 0.5) is 0 Å². The van der Waals surface area contributed by atoms with E-state index in [-0.39, 0.29) is 22.5 Å². The summed E-state index contributed by atoms with van der Waals surface area (Å²) >= 11 is 5.90. The average molecular weight is 396 g/mol. The molecule has 1 heterocycles. The summed E-state index contributed by atoms with van der Waals surface area (Å²) in [7, 11) is 0. The molecule has 3 atom stereocenters. The molecule has 0 aromatic heterocycles. The number of benzene rings is 1. The standard InChI is InChI=1S/C20H29NO3S2/c1-13(11-25)18(22)21-10-16(9-17(21)19(23)24)26-12-14-5-7-15(8-6-14)20(2,3)4/h5-8,13,16-17,25H,9-12H2,1-4H3,(H,23,24)/t13-,16+,17+/m1/s1. The molecule has 0 unspecified atom stereocenters. The van der Waals surface area contributed by atoms with E-state index >= 15 is 0 Å². The first kappa shape index (κ1) is 21.2. The number of carboxylic acid groups (broad SMARTS) is 1. The molecule has 1 amide bonds. The van der Waals surface area contributed by atoms with Gasteiger partial charge >= 0.3 is 5.97 Å². The van der Waals surface area contributed by atoms with Crippen LogP contribution in [0.1, 0.15) is 45.2 Å². The third kappa shape index (κ3) is 5.19. The van der Waals surface area contributed by atoms with Gasteiger partial charge in [-0.15, -0.1) is 0 Å². The highest BCUT2D eigenvalue weighted by molar-refractivity contribution is 7.99. The van der Waals surface area contributed by atoms with E-state index < -0.39 is 12.0 Å². The van der Waals surface area contributed by atoms with Crippen molar-refractivity contribution in [2.45, 2.75) is 56.6 Å². The van der Waals surface area contributed by atoms with Crippen LogP contribution in [-0.4, -0.2) is 45.5 Å². The summed E-state index contributed by atoms with van der Waals surface area (Å²) in [4.78, 5) is 25.5. The first-order valence-electron chi connectivity index (χ1n) is 8.98. The second-order valence-corrected chi connectivity index (χ2v) is 9.70. The van der Waals surface area contributed by atoms with Crippen LogP contribution < -0.4 is 0 Å². The predicted octanol–water partition coefficient (Wildman–Crippen LogP) is 3.84. The third-order valence-electron chi connectivity index (χ3n) is 4.83. The number of carbonyl (C=O) groups is 2. The smallest absolute Gasteiger partial charge is 0.326 e. The molecule has 1 N–H and O–H groups in total. The third-order valence-corrected chi connectivity index (χ3v) is 6.69.